The van der Waals surface area contributed by atoms with Crippen molar-refractivity contribution in [1.29, 1.82) is 0 Å². The molecule has 0 atom stereocenters. The third-order valence-electron chi connectivity index (χ3n) is 5.40. The van der Waals surface area contributed by atoms with Gasteiger partial charge in [0.25, 0.3) is 11.8 Å². The summed E-state index contributed by atoms with van der Waals surface area (Å²) in [5.41, 5.74) is 3.73. The largest absolute Gasteiger partial charge is 0.465 e. The van der Waals surface area contributed by atoms with E-state index in [4.69, 9.17) is 9.15 Å². The van der Waals surface area contributed by atoms with Crippen LogP contribution in [0.2, 0.25) is 0 Å². The molecule has 0 radical (unpaired) electrons. The first-order valence-corrected chi connectivity index (χ1v) is 10.9. The Morgan fingerprint density at radius 2 is 1.73 bits per heavy atom. The lowest BCUT2D eigenvalue weighted by Crippen LogP contribution is -2.36. The van der Waals surface area contributed by atoms with Crippen molar-refractivity contribution in [2.45, 2.75) is 13.5 Å². The van der Waals surface area contributed by atoms with Crippen LogP contribution in [-0.2, 0) is 16.1 Å². The smallest absolute Gasteiger partial charge is 0.268 e. The van der Waals surface area contributed by atoms with Crippen molar-refractivity contribution in [1.82, 2.24) is 10.6 Å². The van der Waals surface area contributed by atoms with Crippen LogP contribution in [0, 0.1) is 6.92 Å². The number of amides is 2. The van der Waals surface area contributed by atoms with Gasteiger partial charge in [-0.25, -0.2) is 0 Å². The molecule has 1 aliphatic heterocycles. The number of morpholine rings is 1. The van der Waals surface area contributed by atoms with Gasteiger partial charge < -0.3 is 24.7 Å². The van der Waals surface area contributed by atoms with Crippen LogP contribution in [0.3, 0.4) is 0 Å². The number of aryl methyl sites for hydroxylation is 1. The standard InChI is InChI=1S/C26H27N3O4/c1-19-4-8-21(9-5-19)25(30)28-24(17-23-3-2-14-33-23)26(31)27-18-20-6-10-22(11-7-20)29-12-15-32-16-13-29/h2-11,14,17H,12-13,15-16,18H2,1H3,(H,27,31)(H,28,30)/b24-17-. The average Bonchev–Trinajstić information content (AvgIpc) is 3.36. The predicted octanol–water partition coefficient (Wildman–Crippen LogP) is 3.51. The Morgan fingerprint density at radius 3 is 2.39 bits per heavy atom. The van der Waals surface area contributed by atoms with E-state index in [0.29, 0.717) is 17.9 Å². The molecule has 2 N–H and O–H groups in total. The Morgan fingerprint density at radius 1 is 1.00 bits per heavy atom. The lowest BCUT2D eigenvalue weighted by Gasteiger charge is -2.28. The number of nitrogens with zero attached hydrogens (tertiary/aromatic N) is 1. The van der Waals surface area contributed by atoms with Gasteiger partial charge in [0.1, 0.15) is 11.5 Å². The van der Waals surface area contributed by atoms with Gasteiger partial charge in [0.2, 0.25) is 0 Å². The van der Waals surface area contributed by atoms with Gasteiger partial charge in [-0.2, -0.15) is 0 Å². The van der Waals surface area contributed by atoms with Crippen LogP contribution in [0.5, 0.6) is 0 Å². The molecule has 2 amide bonds. The maximum Gasteiger partial charge on any atom is 0.268 e. The third-order valence-corrected chi connectivity index (χ3v) is 5.40. The molecule has 0 spiro atoms. The maximum atomic E-state index is 12.9. The molecular weight excluding hydrogens is 418 g/mol. The second-order valence-corrected chi connectivity index (χ2v) is 7.84. The first-order valence-electron chi connectivity index (χ1n) is 10.9. The number of carbonyl (C=O) groups is 2. The predicted molar refractivity (Wildman–Crippen MR) is 127 cm³/mol. The van der Waals surface area contributed by atoms with Crippen LogP contribution < -0.4 is 15.5 Å². The fourth-order valence-corrected chi connectivity index (χ4v) is 3.50. The minimum absolute atomic E-state index is 0.112. The molecule has 3 aromatic rings. The minimum atomic E-state index is -0.399. The molecule has 7 heteroatoms. The van der Waals surface area contributed by atoms with Crippen molar-refractivity contribution in [3.05, 3.63) is 95.1 Å². The molecule has 2 heterocycles. The van der Waals surface area contributed by atoms with Crippen LogP contribution in [-0.4, -0.2) is 38.1 Å². The Labute approximate surface area is 193 Å². The zero-order chi connectivity index (χ0) is 23.0. The zero-order valence-corrected chi connectivity index (χ0v) is 18.5. The SMILES string of the molecule is Cc1ccc(C(=O)N/C(=C\c2ccco2)C(=O)NCc2ccc(N3CCOCC3)cc2)cc1. The van der Waals surface area contributed by atoms with Crippen LogP contribution in [0.15, 0.2) is 77.0 Å². The van der Waals surface area contributed by atoms with Crippen molar-refractivity contribution in [2.24, 2.45) is 0 Å². The lowest BCUT2D eigenvalue weighted by molar-refractivity contribution is -0.117. The summed E-state index contributed by atoms with van der Waals surface area (Å²) in [5, 5.41) is 5.59. The fourth-order valence-electron chi connectivity index (χ4n) is 3.50. The molecule has 0 aliphatic carbocycles. The average molecular weight is 446 g/mol. The van der Waals surface area contributed by atoms with Crippen molar-refractivity contribution in [2.75, 3.05) is 31.2 Å². The number of nitrogens with one attached hydrogen (secondary N) is 2. The number of benzene rings is 2. The molecule has 0 bridgehead atoms. The van der Waals surface area contributed by atoms with E-state index in [-0.39, 0.29) is 11.6 Å². The zero-order valence-electron chi connectivity index (χ0n) is 18.5. The summed E-state index contributed by atoms with van der Waals surface area (Å²) < 4.78 is 10.7. The van der Waals surface area contributed by atoms with Crippen molar-refractivity contribution in [3.8, 4) is 0 Å². The molecule has 1 fully saturated rings. The summed E-state index contributed by atoms with van der Waals surface area (Å²) in [6.45, 7) is 5.49. The number of rotatable bonds is 7. The van der Waals surface area contributed by atoms with E-state index >= 15 is 0 Å². The monoisotopic (exact) mass is 445 g/mol. The Hall–Kier alpha value is -3.84. The molecule has 4 rings (SSSR count). The Bertz CT molecular complexity index is 1100. The summed E-state index contributed by atoms with van der Waals surface area (Å²) in [7, 11) is 0. The van der Waals surface area contributed by atoms with Crippen LogP contribution >= 0.6 is 0 Å². The molecule has 1 aromatic heterocycles. The minimum Gasteiger partial charge on any atom is -0.465 e. The van der Waals surface area contributed by atoms with Crippen molar-refractivity contribution >= 4 is 23.6 Å². The lowest BCUT2D eigenvalue weighted by atomic mass is 10.1. The van der Waals surface area contributed by atoms with Gasteiger partial charge in [0.05, 0.1) is 19.5 Å². The number of ether oxygens (including phenoxy) is 1. The molecule has 0 unspecified atom stereocenters. The summed E-state index contributed by atoms with van der Waals surface area (Å²) >= 11 is 0. The molecule has 7 nitrogen and oxygen atoms in total. The summed E-state index contributed by atoms with van der Waals surface area (Å²) in [4.78, 5) is 27.9. The second-order valence-electron chi connectivity index (χ2n) is 7.84. The Kier molecular flexibility index (Phi) is 7.22. The van der Waals surface area contributed by atoms with Gasteiger partial charge in [-0.3, -0.25) is 9.59 Å². The quantitative estimate of drug-likeness (QED) is 0.544. The topological polar surface area (TPSA) is 83.8 Å². The van der Waals surface area contributed by atoms with Crippen molar-refractivity contribution < 1.29 is 18.7 Å². The van der Waals surface area contributed by atoms with Gasteiger partial charge in [-0.05, 0) is 48.9 Å². The van der Waals surface area contributed by atoms with E-state index in [0.717, 1.165) is 43.1 Å². The van der Waals surface area contributed by atoms with Crippen LogP contribution in [0.1, 0.15) is 27.2 Å². The fraction of sp³-hybridized carbons (Fsp3) is 0.231. The normalized spacial score (nSPS) is 14.1. The van der Waals surface area contributed by atoms with Gasteiger partial charge >= 0.3 is 0 Å². The molecule has 1 saturated heterocycles. The number of anilines is 1. The highest BCUT2D eigenvalue weighted by Gasteiger charge is 2.16. The van der Waals surface area contributed by atoms with Gasteiger partial charge in [-0.1, -0.05) is 29.8 Å². The van der Waals surface area contributed by atoms with E-state index in [2.05, 4.69) is 15.5 Å². The highest BCUT2D eigenvalue weighted by molar-refractivity contribution is 6.05. The highest BCUT2D eigenvalue weighted by Crippen LogP contribution is 2.17. The third kappa shape index (κ3) is 6.11. The van der Waals surface area contributed by atoms with E-state index in [1.54, 1.807) is 24.3 Å². The molecule has 33 heavy (non-hydrogen) atoms. The maximum absolute atomic E-state index is 12.9. The van der Waals surface area contributed by atoms with E-state index in [1.165, 1.54) is 12.3 Å². The molecule has 1 aliphatic rings. The van der Waals surface area contributed by atoms with E-state index in [9.17, 15) is 9.59 Å². The highest BCUT2D eigenvalue weighted by atomic mass is 16.5. The second kappa shape index (κ2) is 10.7. The Balaban J connectivity index is 1.42. The first-order chi connectivity index (χ1) is 16.1. The van der Waals surface area contributed by atoms with E-state index in [1.807, 2.05) is 43.3 Å². The van der Waals surface area contributed by atoms with Crippen molar-refractivity contribution in [3.63, 3.8) is 0 Å². The van der Waals surface area contributed by atoms with Crippen LogP contribution in [0.4, 0.5) is 5.69 Å². The summed E-state index contributed by atoms with van der Waals surface area (Å²) in [6, 6.07) is 18.7. The first kappa shape index (κ1) is 22.4. The molecular formula is C26H27N3O4. The van der Waals surface area contributed by atoms with Gasteiger partial charge in [0.15, 0.2) is 0 Å². The molecule has 0 saturated carbocycles. The number of hydrogen-bond acceptors (Lipinski definition) is 5. The van der Waals surface area contributed by atoms with Gasteiger partial charge in [0, 0.05) is 37.0 Å². The molecule has 2 aromatic carbocycles. The number of hydrogen-bond donors (Lipinski definition) is 2. The molecule has 170 valence electrons. The van der Waals surface area contributed by atoms with E-state index < -0.39 is 5.91 Å². The summed E-state index contributed by atoms with van der Waals surface area (Å²) in [5.74, 6) is -0.291. The number of carbonyl (C=O) groups excluding carboxylic acids is 2. The summed E-state index contributed by atoms with van der Waals surface area (Å²) in [6.07, 6.45) is 3.03. The van der Waals surface area contributed by atoms with Gasteiger partial charge in [-0.15, -0.1) is 0 Å². The van der Waals surface area contributed by atoms with Crippen LogP contribution in [0.25, 0.3) is 6.08 Å². The number of furan rings is 1.